The highest BCUT2D eigenvalue weighted by Crippen LogP contribution is 2.32. The number of aliphatic hydroxyl groups excluding tert-OH is 1. The summed E-state index contributed by atoms with van der Waals surface area (Å²) in [5.74, 6) is -26.6. The number of rotatable bonds is 28. The number of ether oxygens (including phenoxy) is 3. The summed E-state index contributed by atoms with van der Waals surface area (Å²) in [5.41, 5.74) is 10.7. The van der Waals surface area contributed by atoms with Gasteiger partial charge >= 0.3 is 17.9 Å². The largest absolute Gasteiger partial charge is 0.481 e. The Labute approximate surface area is 553 Å². The zero-order valence-electron chi connectivity index (χ0n) is 52.6. The van der Waals surface area contributed by atoms with Crippen LogP contribution in [0.15, 0.2) is 12.1 Å². The van der Waals surface area contributed by atoms with E-state index in [1.807, 2.05) is 0 Å². The maximum Gasteiger partial charge on any atom is 0.329 e. The summed E-state index contributed by atoms with van der Waals surface area (Å²) in [6, 6.07) is -10.5. The second-order valence-electron chi connectivity index (χ2n) is 22.2. The highest BCUT2D eigenvalue weighted by Gasteiger charge is 2.40. The number of unbranched alkanes of at least 4 members (excludes halogenated alkanes) is 1. The van der Waals surface area contributed by atoms with Crippen LogP contribution in [-0.2, 0) is 95.7 Å². The molecular formula is C58H81Cl2N11O24. The van der Waals surface area contributed by atoms with Crippen LogP contribution in [0.1, 0.15) is 116 Å². The monoisotopic (exact) mass is 1390 g/mol. The summed E-state index contributed by atoms with van der Waals surface area (Å²) in [6.45, 7) is 1.85. The van der Waals surface area contributed by atoms with Gasteiger partial charge in [0.15, 0.2) is 23.1 Å². The molecule has 0 bridgehead atoms. The van der Waals surface area contributed by atoms with Crippen LogP contribution in [-0.4, -0.2) is 210 Å². The van der Waals surface area contributed by atoms with Crippen LogP contribution in [0.5, 0.6) is 0 Å². The molecule has 0 aromatic heterocycles. The Morgan fingerprint density at radius 3 is 1.88 bits per heavy atom. The molecule has 1 saturated heterocycles. The van der Waals surface area contributed by atoms with Crippen molar-refractivity contribution in [3.63, 3.8) is 0 Å². The number of esters is 1. The van der Waals surface area contributed by atoms with Crippen molar-refractivity contribution >= 4 is 136 Å². The van der Waals surface area contributed by atoms with Crippen LogP contribution in [0.3, 0.4) is 0 Å². The van der Waals surface area contributed by atoms with Crippen LogP contribution < -0.4 is 59.3 Å². The van der Waals surface area contributed by atoms with Crippen molar-refractivity contribution in [3.05, 3.63) is 27.7 Å². The van der Waals surface area contributed by atoms with E-state index in [1.165, 1.54) is 13.0 Å². The van der Waals surface area contributed by atoms with Crippen molar-refractivity contribution in [2.75, 3.05) is 44.8 Å². The van der Waals surface area contributed by atoms with Gasteiger partial charge in [0, 0.05) is 61.6 Å². The maximum absolute atomic E-state index is 14.8. The van der Waals surface area contributed by atoms with E-state index in [2.05, 4.69) is 52.6 Å². The Hall–Kier alpha value is -9.22. The number of amides is 9. The summed E-state index contributed by atoms with van der Waals surface area (Å²) in [5, 5.41) is 50.6. The molecule has 2 rings (SSSR count). The Balaban J connectivity index is 3.02. The van der Waals surface area contributed by atoms with Crippen LogP contribution in [0, 0.1) is 23.7 Å². The van der Waals surface area contributed by atoms with Crippen molar-refractivity contribution < 1.29 is 116 Å². The average Bonchev–Trinajstić information content (AvgIpc) is 0.843. The molecule has 12 atom stereocenters. The van der Waals surface area contributed by atoms with E-state index in [-0.39, 0.29) is 53.6 Å². The number of anilines is 1. The number of benzene rings is 1. The molecule has 35 nitrogen and oxygen atoms in total. The zero-order valence-corrected chi connectivity index (χ0v) is 54.1. The number of primary amides is 1. The van der Waals surface area contributed by atoms with Crippen molar-refractivity contribution in [2.45, 2.75) is 154 Å². The lowest BCUT2D eigenvalue weighted by molar-refractivity contribution is -0.156. The number of aliphatic carboxylic acids is 2. The first-order valence-electron chi connectivity index (χ1n) is 29.8. The standard InChI is InChI=1S/C58H81Cl2N11O24/c1-6-8-9-37-43(77)13-31(23-93-25-73)54(88)66-28(4)52(86)70-40(24-94-26-74)56(90)64-20-47(81)68-39(22-72)44(78)17-33(27(3)11-48(82)83)55(89)69-38(19-41(75)34-15-32(59)16-35(60)51(34)63-10-7-2)58(92)95-29(5)50(57(91)65-21-46(80)67-37)71-53(87)30(14-49(84)85)12-42(76)36(61)18-45(62)79/h15-16,25-31,33,36-40,50,63,72H,6-14,17-24,61H2,1-5H3,(H2,62,79)(H,64,90)(H,65,91)(H,66,88)(H,67,80)(H,68,81)(H,69,89)(H,70,86)(H,71,87)(H,82,83)(H,84,85)/t27-,28-,29-,30+,31+,33+,36-,37+,38+,39-,40+,50+/m1/s1. The van der Waals surface area contributed by atoms with Crippen molar-refractivity contribution in [2.24, 2.45) is 35.1 Å². The molecule has 0 radical (unpaired) electrons. The molecule has 0 spiro atoms. The molecule has 1 aromatic carbocycles. The van der Waals surface area contributed by atoms with Crippen molar-refractivity contribution in [1.29, 1.82) is 0 Å². The predicted molar refractivity (Wildman–Crippen MR) is 328 cm³/mol. The van der Waals surface area contributed by atoms with Crippen molar-refractivity contribution in [1.82, 2.24) is 42.5 Å². The van der Waals surface area contributed by atoms with Gasteiger partial charge < -0.3 is 88.8 Å². The molecule has 1 aliphatic heterocycles. The van der Waals surface area contributed by atoms with Crippen LogP contribution in [0.2, 0.25) is 10.0 Å². The van der Waals surface area contributed by atoms with Crippen LogP contribution >= 0.6 is 23.2 Å². The zero-order chi connectivity index (χ0) is 71.8. The number of carbonyl (C=O) groups is 18. The van der Waals surface area contributed by atoms with Gasteiger partial charge in [-0.25, -0.2) is 4.79 Å². The van der Waals surface area contributed by atoms with Gasteiger partial charge in [0.1, 0.15) is 49.5 Å². The van der Waals surface area contributed by atoms with Gasteiger partial charge in [-0.3, -0.25) is 81.5 Å². The van der Waals surface area contributed by atoms with E-state index in [4.69, 9.17) is 44.1 Å². The number of hydrogen-bond acceptors (Lipinski definition) is 24. The summed E-state index contributed by atoms with van der Waals surface area (Å²) in [4.78, 5) is 240. The van der Waals surface area contributed by atoms with E-state index < -0.39 is 244 Å². The number of carboxylic acid groups (broad SMARTS) is 2. The SMILES string of the molecule is CCCC[C@@H]1NC(=O)CNC(=O)[C@@H](NC(=O)[C@H](CC(=O)O)CC(=O)[C@H](N)CC(N)=O)[C@@H](C)OC(=O)[C@H](CC(=O)c2cc(Cl)cc(Cl)c2NCCC)NC(=O)[C@H]([C@H](C)CC(=O)O)CC(=O)[C@@H](CO)NC(=O)CNC(=O)[C@H](COC=O)NC(=O)[C@@H](C)NC(=O)[C@H](COC=O)CC1=O. The maximum atomic E-state index is 14.8. The molecule has 1 fully saturated rings. The highest BCUT2D eigenvalue weighted by atomic mass is 35.5. The Kier molecular flexibility index (Phi) is 35.7. The van der Waals surface area contributed by atoms with Gasteiger partial charge in [-0.2, -0.15) is 0 Å². The molecule has 37 heteroatoms. The van der Waals surface area contributed by atoms with Gasteiger partial charge in [-0.15, -0.1) is 0 Å². The third-order valence-corrected chi connectivity index (χ3v) is 15.0. The number of hydrogen-bond donors (Lipinski definition) is 14. The number of carboxylic acids is 2. The summed E-state index contributed by atoms with van der Waals surface area (Å²) < 4.78 is 15.2. The van der Waals surface area contributed by atoms with E-state index >= 15 is 0 Å². The molecular weight excluding hydrogens is 1310 g/mol. The van der Waals surface area contributed by atoms with Crippen LogP contribution in [0.25, 0.3) is 0 Å². The fourth-order valence-electron chi connectivity index (χ4n) is 9.30. The normalized spacial score (nSPS) is 23.0. The van der Waals surface area contributed by atoms with Gasteiger partial charge in [0.05, 0.1) is 60.7 Å². The molecule has 1 heterocycles. The molecule has 526 valence electrons. The number of cyclic esters (lactones) is 1. The minimum absolute atomic E-state index is 0.00185. The molecule has 0 saturated carbocycles. The van der Waals surface area contributed by atoms with Gasteiger partial charge in [-0.05, 0) is 44.7 Å². The van der Waals surface area contributed by atoms with Crippen LogP contribution in [0.4, 0.5) is 5.69 Å². The second kappa shape index (κ2) is 41.5. The number of Topliss-reactive ketones (excluding diaryl/α,β-unsaturated/α-hetero) is 4. The Bertz CT molecular complexity index is 3010. The summed E-state index contributed by atoms with van der Waals surface area (Å²) in [6.07, 6.45) is -7.67. The molecule has 16 N–H and O–H groups in total. The van der Waals surface area contributed by atoms with Crippen molar-refractivity contribution in [3.8, 4) is 0 Å². The first-order chi connectivity index (χ1) is 44.7. The number of nitrogens with one attached hydrogen (secondary N) is 9. The van der Waals surface area contributed by atoms with Gasteiger partial charge in [-0.1, -0.05) is 56.8 Å². The predicted octanol–water partition coefficient (Wildman–Crippen LogP) is -3.46. The molecule has 1 aliphatic rings. The molecule has 0 unspecified atom stereocenters. The first-order valence-corrected chi connectivity index (χ1v) is 30.6. The average molecular weight is 1390 g/mol. The molecule has 0 aliphatic carbocycles. The topological polar surface area (TPSA) is 556 Å². The third-order valence-electron chi connectivity index (χ3n) is 14.5. The summed E-state index contributed by atoms with van der Waals surface area (Å²) in [7, 11) is 0. The van der Waals surface area contributed by atoms with E-state index in [9.17, 15) is 102 Å². The third kappa shape index (κ3) is 28.5. The molecule has 95 heavy (non-hydrogen) atoms. The Morgan fingerprint density at radius 1 is 0.716 bits per heavy atom. The number of nitrogens with two attached hydrogens (primary N) is 2. The number of carbonyl (C=O) groups excluding carboxylic acids is 16. The smallest absolute Gasteiger partial charge is 0.329 e. The minimum atomic E-state index is -2.26. The Morgan fingerprint density at radius 2 is 1.31 bits per heavy atom. The van der Waals surface area contributed by atoms with E-state index in [0.29, 0.717) is 12.8 Å². The number of halogens is 2. The minimum Gasteiger partial charge on any atom is -0.481 e. The molecule has 9 amide bonds. The first kappa shape index (κ1) is 81.9. The lowest BCUT2D eigenvalue weighted by atomic mass is 9.84. The fourth-order valence-corrected chi connectivity index (χ4v) is 9.86. The summed E-state index contributed by atoms with van der Waals surface area (Å²) >= 11 is 12.8. The fraction of sp³-hybridized carbons (Fsp3) is 0.586. The van der Waals surface area contributed by atoms with E-state index in [0.717, 1.165) is 19.9 Å². The van der Waals surface area contributed by atoms with Gasteiger partial charge in [0.25, 0.3) is 12.9 Å². The number of aliphatic hydroxyl groups is 1. The highest BCUT2D eigenvalue weighted by molar-refractivity contribution is 6.37. The lowest BCUT2D eigenvalue weighted by Gasteiger charge is -2.29. The van der Waals surface area contributed by atoms with E-state index in [1.54, 1.807) is 13.8 Å². The van der Waals surface area contributed by atoms with Gasteiger partial charge in [0.2, 0.25) is 53.2 Å². The lowest BCUT2D eigenvalue weighted by Crippen LogP contribution is -2.57. The second-order valence-corrected chi connectivity index (χ2v) is 23.0. The number of ketones is 4. The molecule has 1 aromatic rings. The quantitative estimate of drug-likeness (QED) is 0.0168.